The average molecular weight is 404 g/mol. The monoisotopic (exact) mass is 404 g/mol. The lowest BCUT2D eigenvalue weighted by Crippen LogP contribution is -2.27. The van der Waals surface area contributed by atoms with Crippen molar-refractivity contribution in [2.24, 2.45) is 0 Å². The summed E-state index contributed by atoms with van der Waals surface area (Å²) in [6.45, 7) is 2.54. The van der Waals surface area contributed by atoms with Gasteiger partial charge in [0.1, 0.15) is 5.69 Å². The minimum atomic E-state index is -0.748. The zero-order chi connectivity index (χ0) is 20.6. The molecule has 0 aliphatic rings. The highest BCUT2D eigenvalue weighted by atomic mass is 32.1. The molecule has 0 amide bonds. The van der Waals surface area contributed by atoms with Crippen molar-refractivity contribution < 1.29 is 19.2 Å². The molecular formula is C16H12N4O7S. The second-order valence-electron chi connectivity index (χ2n) is 5.53. The maximum absolute atomic E-state index is 12.5. The maximum atomic E-state index is 12.5. The van der Waals surface area contributed by atoms with Crippen LogP contribution in [-0.4, -0.2) is 32.6 Å². The van der Waals surface area contributed by atoms with E-state index in [4.69, 9.17) is 9.47 Å². The summed E-state index contributed by atoms with van der Waals surface area (Å²) in [5.74, 6) is -1.13. The Morgan fingerprint density at radius 3 is 2.68 bits per heavy atom. The highest BCUT2D eigenvalue weighted by molar-refractivity contribution is 7.15. The second kappa shape index (κ2) is 7.15. The van der Waals surface area contributed by atoms with E-state index in [1.807, 2.05) is 0 Å². The van der Waals surface area contributed by atoms with Gasteiger partial charge in [-0.05, 0) is 24.6 Å². The van der Waals surface area contributed by atoms with Crippen LogP contribution in [0.25, 0.3) is 11.0 Å². The predicted molar refractivity (Wildman–Crippen MR) is 97.9 cm³/mol. The molecule has 0 spiro atoms. The zero-order valence-corrected chi connectivity index (χ0v) is 15.6. The summed E-state index contributed by atoms with van der Waals surface area (Å²) < 4.78 is 11.1. The molecule has 0 radical (unpaired) electrons. The standard InChI is InChI=1S/C16H12N4O7S/c1-7-14(22)17-16-19(18-7)15(23)12(28-16)6-9-4-10(20(24)25)13(27-8(2)21)11(5-9)26-3/h4-6H,1-3H3. The smallest absolute Gasteiger partial charge is 0.316 e. The van der Waals surface area contributed by atoms with Crippen molar-refractivity contribution in [2.75, 3.05) is 7.11 Å². The molecule has 0 aliphatic heterocycles. The number of nitrogens with zero attached hydrogens (tertiary/aromatic N) is 4. The molecule has 3 aromatic rings. The molecule has 11 nitrogen and oxygen atoms in total. The minimum Gasteiger partial charge on any atom is -0.493 e. The van der Waals surface area contributed by atoms with E-state index in [-0.39, 0.29) is 32.2 Å². The maximum Gasteiger partial charge on any atom is 0.316 e. The lowest BCUT2D eigenvalue weighted by Gasteiger charge is -2.09. The summed E-state index contributed by atoms with van der Waals surface area (Å²) >= 11 is 0.909. The number of esters is 1. The molecule has 0 bridgehead atoms. The van der Waals surface area contributed by atoms with E-state index in [1.165, 1.54) is 26.2 Å². The van der Waals surface area contributed by atoms with Crippen LogP contribution in [-0.2, 0) is 4.79 Å². The molecule has 0 fully saturated rings. The van der Waals surface area contributed by atoms with Gasteiger partial charge in [0.15, 0.2) is 5.75 Å². The molecule has 0 unspecified atom stereocenters. The molecule has 0 saturated carbocycles. The number of carbonyl (C=O) groups is 1. The fourth-order valence-electron chi connectivity index (χ4n) is 2.36. The Morgan fingerprint density at radius 2 is 2.07 bits per heavy atom. The SMILES string of the molecule is COc1cc(C=c2sc3nc(=O)c(C)nn3c2=O)cc([N+](=O)[O-])c1OC(C)=O. The van der Waals surface area contributed by atoms with Crippen molar-refractivity contribution in [3.05, 3.63) is 58.7 Å². The largest absolute Gasteiger partial charge is 0.493 e. The van der Waals surface area contributed by atoms with Gasteiger partial charge < -0.3 is 9.47 Å². The summed E-state index contributed by atoms with van der Waals surface area (Å²) in [5.41, 5.74) is -1.25. The molecule has 3 rings (SSSR count). The van der Waals surface area contributed by atoms with E-state index < -0.39 is 27.7 Å². The number of thiazole rings is 1. The Kier molecular flexibility index (Phi) is 4.88. The van der Waals surface area contributed by atoms with Crippen LogP contribution in [0.4, 0.5) is 5.69 Å². The van der Waals surface area contributed by atoms with Gasteiger partial charge in [-0.2, -0.15) is 14.6 Å². The Balaban J connectivity index is 2.26. The van der Waals surface area contributed by atoms with Gasteiger partial charge in [-0.25, -0.2) is 0 Å². The molecular weight excluding hydrogens is 392 g/mol. The Hall–Kier alpha value is -3.67. The van der Waals surface area contributed by atoms with Crippen molar-refractivity contribution in [2.45, 2.75) is 13.8 Å². The van der Waals surface area contributed by atoms with E-state index in [0.717, 1.165) is 28.8 Å². The second-order valence-corrected chi connectivity index (χ2v) is 6.54. The molecule has 0 aliphatic carbocycles. The number of hydrogen-bond donors (Lipinski definition) is 0. The normalized spacial score (nSPS) is 11.6. The summed E-state index contributed by atoms with van der Waals surface area (Å²) in [7, 11) is 1.26. The lowest BCUT2D eigenvalue weighted by atomic mass is 10.1. The van der Waals surface area contributed by atoms with Crippen LogP contribution in [0.2, 0.25) is 0 Å². The molecule has 0 atom stereocenters. The van der Waals surface area contributed by atoms with Crippen LogP contribution in [0.3, 0.4) is 0 Å². The summed E-state index contributed by atoms with van der Waals surface area (Å²) in [6.07, 6.45) is 1.37. The van der Waals surface area contributed by atoms with E-state index in [0.29, 0.717) is 0 Å². The van der Waals surface area contributed by atoms with Crippen LogP contribution in [0, 0.1) is 17.0 Å². The average Bonchev–Trinajstić information content (AvgIpc) is 2.91. The Bertz CT molecular complexity index is 1300. The quantitative estimate of drug-likeness (QED) is 0.258. The first kappa shape index (κ1) is 19.1. The van der Waals surface area contributed by atoms with Crippen molar-refractivity contribution in [3.8, 4) is 11.5 Å². The fraction of sp³-hybridized carbons (Fsp3) is 0.188. The molecule has 12 heteroatoms. The van der Waals surface area contributed by atoms with Gasteiger partial charge in [-0.15, -0.1) is 0 Å². The molecule has 2 aromatic heterocycles. The fourth-order valence-corrected chi connectivity index (χ4v) is 3.27. The third kappa shape index (κ3) is 3.44. The number of methoxy groups -OCH3 is 1. The Labute approximate surface area is 159 Å². The molecule has 1 aromatic carbocycles. The van der Waals surface area contributed by atoms with Gasteiger partial charge >= 0.3 is 11.7 Å². The number of ether oxygens (including phenoxy) is 2. The minimum absolute atomic E-state index is 0.0502. The van der Waals surface area contributed by atoms with Gasteiger partial charge in [0.2, 0.25) is 10.7 Å². The lowest BCUT2D eigenvalue weighted by molar-refractivity contribution is -0.385. The molecule has 2 heterocycles. The number of aromatic nitrogens is 3. The van der Waals surface area contributed by atoms with Crippen molar-refractivity contribution >= 4 is 34.0 Å². The zero-order valence-electron chi connectivity index (χ0n) is 14.8. The molecule has 0 N–H and O–H groups in total. The van der Waals surface area contributed by atoms with E-state index >= 15 is 0 Å². The van der Waals surface area contributed by atoms with Gasteiger partial charge in [0.25, 0.3) is 11.1 Å². The summed E-state index contributed by atoms with van der Waals surface area (Å²) in [6, 6.07) is 2.52. The molecule has 0 saturated heterocycles. The van der Waals surface area contributed by atoms with Crippen LogP contribution in [0.15, 0.2) is 21.7 Å². The van der Waals surface area contributed by atoms with Crippen molar-refractivity contribution in [1.82, 2.24) is 14.6 Å². The van der Waals surface area contributed by atoms with Crippen LogP contribution >= 0.6 is 11.3 Å². The third-order valence-corrected chi connectivity index (χ3v) is 4.52. The number of hydrogen-bond acceptors (Lipinski definition) is 10. The van der Waals surface area contributed by atoms with Gasteiger partial charge in [0.05, 0.1) is 16.6 Å². The third-order valence-electron chi connectivity index (χ3n) is 3.56. The topological polar surface area (TPSA) is 143 Å². The summed E-state index contributed by atoms with van der Waals surface area (Å²) in [5, 5.41) is 15.3. The molecule has 28 heavy (non-hydrogen) atoms. The Morgan fingerprint density at radius 1 is 1.36 bits per heavy atom. The highest BCUT2D eigenvalue weighted by Gasteiger charge is 2.23. The van der Waals surface area contributed by atoms with E-state index in [9.17, 15) is 24.5 Å². The van der Waals surface area contributed by atoms with Crippen LogP contribution in [0.1, 0.15) is 18.2 Å². The first-order valence-corrected chi connectivity index (χ1v) is 8.50. The number of nitro groups is 1. The number of carbonyl (C=O) groups excluding carboxylic acids is 1. The van der Waals surface area contributed by atoms with Crippen molar-refractivity contribution in [3.63, 3.8) is 0 Å². The van der Waals surface area contributed by atoms with Crippen molar-refractivity contribution in [1.29, 1.82) is 0 Å². The van der Waals surface area contributed by atoms with E-state index in [2.05, 4.69) is 10.1 Å². The van der Waals surface area contributed by atoms with E-state index in [1.54, 1.807) is 0 Å². The number of rotatable bonds is 4. The number of nitro benzene ring substituents is 1. The first-order chi connectivity index (χ1) is 13.2. The number of aryl methyl sites for hydroxylation is 1. The number of fused-ring (bicyclic) bond motifs is 1. The van der Waals surface area contributed by atoms with Crippen LogP contribution < -0.4 is 25.1 Å². The summed E-state index contributed by atoms with van der Waals surface area (Å²) in [4.78, 5) is 49.9. The molecule has 144 valence electrons. The highest BCUT2D eigenvalue weighted by Crippen LogP contribution is 2.38. The van der Waals surface area contributed by atoms with Crippen LogP contribution in [0.5, 0.6) is 11.5 Å². The number of benzene rings is 1. The van der Waals surface area contributed by atoms with Gasteiger partial charge in [-0.3, -0.25) is 24.5 Å². The first-order valence-electron chi connectivity index (χ1n) is 7.68. The van der Waals surface area contributed by atoms with Gasteiger partial charge in [-0.1, -0.05) is 11.3 Å². The van der Waals surface area contributed by atoms with Gasteiger partial charge in [0, 0.05) is 13.0 Å². The predicted octanol–water partition coefficient (Wildman–Crippen LogP) is 0.209.